The highest BCUT2D eigenvalue weighted by Crippen LogP contribution is 2.39. The third-order valence-electron chi connectivity index (χ3n) is 3.95. The molecule has 6 nitrogen and oxygen atoms in total. The lowest BCUT2D eigenvalue weighted by molar-refractivity contribution is -0.137. The summed E-state index contributed by atoms with van der Waals surface area (Å²) in [6.07, 6.45) is -3.30. The summed E-state index contributed by atoms with van der Waals surface area (Å²) in [5, 5.41) is 4.91. The van der Waals surface area contributed by atoms with E-state index in [4.69, 9.17) is 10.9 Å². The van der Waals surface area contributed by atoms with Crippen LogP contribution in [0.15, 0.2) is 23.1 Å². The molecule has 1 unspecified atom stereocenters. The number of primary sulfonamides is 1. The van der Waals surface area contributed by atoms with E-state index in [0.29, 0.717) is 25.5 Å². The Kier molecular flexibility index (Phi) is 5.09. The van der Waals surface area contributed by atoms with Crippen LogP contribution in [0.3, 0.4) is 0 Å². The lowest BCUT2D eigenvalue weighted by Crippen LogP contribution is -2.38. The van der Waals surface area contributed by atoms with Gasteiger partial charge in [0.15, 0.2) is 0 Å². The van der Waals surface area contributed by atoms with Crippen molar-refractivity contribution in [3.05, 3.63) is 23.8 Å². The number of halogens is 3. The summed E-state index contributed by atoms with van der Waals surface area (Å²) in [6.45, 7) is 0.633. The molecule has 1 fully saturated rings. The zero-order valence-electron chi connectivity index (χ0n) is 12.7. The molecule has 1 atom stereocenters. The molecule has 1 heterocycles. The molecule has 0 saturated carbocycles. The van der Waals surface area contributed by atoms with E-state index in [1.165, 1.54) is 4.90 Å². The second kappa shape index (κ2) is 6.60. The minimum absolute atomic E-state index is 0.104. The van der Waals surface area contributed by atoms with Gasteiger partial charge >= 0.3 is 6.18 Å². The first-order valence-electron chi connectivity index (χ1n) is 7.26. The minimum atomic E-state index is -4.73. The standard InChI is InChI=1S/C14H18F3N3O3S/c15-14(16,17)11-7-10(24(19,22)23)3-4-12(11)20-5-1-2-9(8-20)6-13(18)21/h3-4,7,9H,1-2,5-6,8H2,(H2,18,21)(H2,19,22,23). The lowest BCUT2D eigenvalue weighted by Gasteiger charge is -2.35. The number of rotatable bonds is 4. The van der Waals surface area contributed by atoms with Crippen molar-refractivity contribution >= 4 is 21.6 Å². The molecule has 1 aromatic carbocycles. The zero-order chi connectivity index (χ0) is 18.1. The number of nitrogens with two attached hydrogens (primary N) is 2. The van der Waals surface area contributed by atoms with Gasteiger partial charge in [-0.05, 0) is 37.0 Å². The number of nitrogens with zero attached hydrogens (tertiary/aromatic N) is 1. The second-order valence-corrected chi connectivity index (χ2v) is 7.41. The van der Waals surface area contributed by atoms with E-state index in [2.05, 4.69) is 0 Å². The molecule has 1 saturated heterocycles. The van der Waals surface area contributed by atoms with E-state index in [9.17, 15) is 26.4 Å². The topological polar surface area (TPSA) is 106 Å². The number of anilines is 1. The van der Waals surface area contributed by atoms with Crippen LogP contribution in [0.2, 0.25) is 0 Å². The number of sulfonamides is 1. The van der Waals surface area contributed by atoms with Crippen LogP contribution in [0.25, 0.3) is 0 Å². The van der Waals surface area contributed by atoms with Gasteiger partial charge in [-0.25, -0.2) is 13.6 Å². The summed E-state index contributed by atoms with van der Waals surface area (Å²) in [7, 11) is -4.24. The van der Waals surface area contributed by atoms with Gasteiger partial charge in [-0.1, -0.05) is 0 Å². The Balaban J connectivity index is 2.40. The van der Waals surface area contributed by atoms with Crippen LogP contribution in [-0.2, 0) is 21.0 Å². The van der Waals surface area contributed by atoms with Crippen LogP contribution in [0.1, 0.15) is 24.8 Å². The Morgan fingerprint density at radius 1 is 1.33 bits per heavy atom. The van der Waals surface area contributed by atoms with Crippen molar-refractivity contribution in [2.75, 3.05) is 18.0 Å². The number of alkyl halides is 3. The van der Waals surface area contributed by atoms with Gasteiger partial charge in [0, 0.05) is 25.2 Å². The number of amides is 1. The predicted octanol–water partition coefficient (Wildman–Crippen LogP) is 1.44. The Hall–Kier alpha value is -1.81. The molecule has 1 aliphatic rings. The highest BCUT2D eigenvalue weighted by atomic mass is 32.2. The van der Waals surface area contributed by atoms with Gasteiger partial charge in [0.2, 0.25) is 15.9 Å². The normalized spacial score (nSPS) is 19.3. The molecule has 0 aliphatic carbocycles. The van der Waals surface area contributed by atoms with E-state index in [1.807, 2.05) is 0 Å². The van der Waals surface area contributed by atoms with E-state index in [-0.39, 0.29) is 24.6 Å². The number of piperidine rings is 1. The van der Waals surface area contributed by atoms with Crippen molar-refractivity contribution in [2.45, 2.75) is 30.3 Å². The van der Waals surface area contributed by atoms with E-state index in [0.717, 1.165) is 12.1 Å². The highest BCUT2D eigenvalue weighted by Gasteiger charge is 2.37. The molecule has 1 aliphatic heterocycles. The maximum atomic E-state index is 13.3. The second-order valence-electron chi connectivity index (χ2n) is 5.85. The molecule has 134 valence electrons. The molecule has 4 N–H and O–H groups in total. The molecule has 0 aromatic heterocycles. The fourth-order valence-corrected chi connectivity index (χ4v) is 3.47. The third kappa shape index (κ3) is 4.38. The summed E-state index contributed by atoms with van der Waals surface area (Å²) >= 11 is 0. The number of carbonyl (C=O) groups excluding carboxylic acids is 1. The minimum Gasteiger partial charge on any atom is -0.371 e. The first kappa shape index (κ1) is 18.5. The quantitative estimate of drug-likeness (QED) is 0.842. The molecular weight excluding hydrogens is 347 g/mol. The van der Waals surface area contributed by atoms with E-state index < -0.39 is 32.6 Å². The third-order valence-corrected chi connectivity index (χ3v) is 4.86. The Morgan fingerprint density at radius 2 is 2.00 bits per heavy atom. The van der Waals surface area contributed by atoms with Crippen molar-refractivity contribution in [2.24, 2.45) is 16.8 Å². The number of hydrogen-bond acceptors (Lipinski definition) is 4. The van der Waals surface area contributed by atoms with E-state index >= 15 is 0 Å². The summed E-state index contributed by atoms with van der Waals surface area (Å²) in [5.74, 6) is -0.627. The maximum Gasteiger partial charge on any atom is 0.418 e. The van der Waals surface area contributed by atoms with Gasteiger partial charge in [0.1, 0.15) is 0 Å². The molecule has 2 rings (SSSR count). The number of benzene rings is 1. The smallest absolute Gasteiger partial charge is 0.371 e. The fourth-order valence-electron chi connectivity index (χ4n) is 2.93. The van der Waals surface area contributed by atoms with Crippen LogP contribution in [0.5, 0.6) is 0 Å². The molecule has 0 radical (unpaired) electrons. The molecule has 0 bridgehead atoms. The molecule has 1 amide bonds. The monoisotopic (exact) mass is 365 g/mol. The first-order chi connectivity index (χ1) is 11.0. The van der Waals surface area contributed by atoms with Crippen LogP contribution in [0.4, 0.5) is 18.9 Å². The highest BCUT2D eigenvalue weighted by molar-refractivity contribution is 7.89. The van der Waals surface area contributed by atoms with Gasteiger partial charge in [-0.2, -0.15) is 13.2 Å². The summed E-state index contributed by atoms with van der Waals surface area (Å²) in [4.78, 5) is 11.9. The molecular formula is C14H18F3N3O3S. The van der Waals surface area contributed by atoms with E-state index in [1.54, 1.807) is 0 Å². The van der Waals surface area contributed by atoms with Crippen molar-refractivity contribution in [3.63, 3.8) is 0 Å². The zero-order valence-corrected chi connectivity index (χ0v) is 13.5. The number of hydrogen-bond donors (Lipinski definition) is 2. The predicted molar refractivity (Wildman–Crippen MR) is 81.6 cm³/mol. The Labute approximate surface area is 137 Å². The van der Waals surface area contributed by atoms with Gasteiger partial charge in [0.25, 0.3) is 0 Å². The summed E-state index contributed by atoms with van der Waals surface area (Å²) < 4.78 is 62.7. The molecule has 10 heteroatoms. The van der Waals surface area contributed by atoms with Crippen LogP contribution < -0.4 is 15.8 Å². The van der Waals surface area contributed by atoms with Crippen LogP contribution in [0, 0.1) is 5.92 Å². The number of carbonyl (C=O) groups is 1. The van der Waals surface area contributed by atoms with Crippen LogP contribution >= 0.6 is 0 Å². The van der Waals surface area contributed by atoms with Crippen molar-refractivity contribution in [1.82, 2.24) is 0 Å². The molecule has 24 heavy (non-hydrogen) atoms. The number of primary amides is 1. The van der Waals surface area contributed by atoms with Crippen molar-refractivity contribution in [1.29, 1.82) is 0 Å². The van der Waals surface area contributed by atoms with Gasteiger partial charge < -0.3 is 10.6 Å². The largest absolute Gasteiger partial charge is 0.418 e. The molecule has 0 spiro atoms. The summed E-state index contributed by atoms with van der Waals surface area (Å²) in [6, 6.07) is 2.70. The average Bonchev–Trinajstić information content (AvgIpc) is 2.44. The first-order valence-corrected chi connectivity index (χ1v) is 8.80. The van der Waals surface area contributed by atoms with Crippen molar-refractivity contribution in [3.8, 4) is 0 Å². The summed E-state index contributed by atoms with van der Waals surface area (Å²) in [5.41, 5.74) is 3.97. The fraction of sp³-hybridized carbons (Fsp3) is 0.500. The molecule has 1 aromatic rings. The lowest BCUT2D eigenvalue weighted by atomic mass is 9.93. The Morgan fingerprint density at radius 3 is 2.54 bits per heavy atom. The maximum absolute atomic E-state index is 13.3. The average molecular weight is 365 g/mol. The van der Waals surface area contributed by atoms with Gasteiger partial charge in [-0.3, -0.25) is 4.79 Å². The Bertz CT molecular complexity index is 735. The van der Waals surface area contributed by atoms with Crippen LogP contribution in [-0.4, -0.2) is 27.4 Å². The van der Waals surface area contributed by atoms with Gasteiger partial charge in [-0.15, -0.1) is 0 Å². The van der Waals surface area contributed by atoms with Crippen molar-refractivity contribution < 1.29 is 26.4 Å². The van der Waals surface area contributed by atoms with Gasteiger partial charge in [0.05, 0.1) is 10.5 Å². The SMILES string of the molecule is NC(=O)CC1CCCN(c2ccc(S(N)(=O)=O)cc2C(F)(F)F)C1.